The Labute approximate surface area is 140 Å². The third-order valence-corrected chi connectivity index (χ3v) is 4.00. The van der Waals surface area contributed by atoms with Crippen molar-refractivity contribution in [3.8, 4) is 0 Å². The summed E-state index contributed by atoms with van der Waals surface area (Å²) in [7, 11) is 0. The standard InChI is InChI=1S/C17H18Cl2N2O/c1-11-7-8-16(15(19)9-11)21-17(22)10-20-12(2)13-5-3-4-6-14(13)18/h3-9,12,20H,10H2,1-2H3,(H,21,22)/t12-/m0/s1. The first-order chi connectivity index (χ1) is 10.5. The Balaban J connectivity index is 1.91. The van der Waals surface area contributed by atoms with Crippen LogP contribution in [0.1, 0.15) is 24.1 Å². The van der Waals surface area contributed by atoms with Gasteiger partial charge in [0.05, 0.1) is 17.3 Å². The molecule has 5 heteroatoms. The minimum atomic E-state index is -0.148. The molecule has 0 saturated heterocycles. The highest BCUT2D eigenvalue weighted by Crippen LogP contribution is 2.23. The minimum absolute atomic E-state index is 0.0204. The zero-order valence-electron chi connectivity index (χ0n) is 12.5. The summed E-state index contributed by atoms with van der Waals surface area (Å²) >= 11 is 12.2. The van der Waals surface area contributed by atoms with E-state index in [1.54, 1.807) is 6.07 Å². The van der Waals surface area contributed by atoms with Crippen molar-refractivity contribution in [2.75, 3.05) is 11.9 Å². The van der Waals surface area contributed by atoms with Gasteiger partial charge in [-0.1, -0.05) is 47.5 Å². The number of benzene rings is 2. The lowest BCUT2D eigenvalue weighted by molar-refractivity contribution is -0.115. The van der Waals surface area contributed by atoms with E-state index in [1.165, 1.54) is 0 Å². The van der Waals surface area contributed by atoms with Crippen molar-refractivity contribution in [2.45, 2.75) is 19.9 Å². The predicted molar refractivity (Wildman–Crippen MR) is 92.7 cm³/mol. The molecule has 2 rings (SSSR count). The summed E-state index contributed by atoms with van der Waals surface area (Å²) in [5, 5.41) is 7.16. The van der Waals surface area contributed by atoms with Crippen molar-refractivity contribution in [3.05, 3.63) is 63.6 Å². The molecule has 2 aromatic rings. The predicted octanol–water partition coefficient (Wildman–Crippen LogP) is 4.59. The van der Waals surface area contributed by atoms with Crippen molar-refractivity contribution in [2.24, 2.45) is 0 Å². The van der Waals surface area contributed by atoms with Crippen molar-refractivity contribution in [1.29, 1.82) is 0 Å². The fourth-order valence-electron chi connectivity index (χ4n) is 2.10. The lowest BCUT2D eigenvalue weighted by Gasteiger charge is -2.15. The van der Waals surface area contributed by atoms with E-state index in [9.17, 15) is 4.79 Å². The van der Waals surface area contributed by atoms with E-state index in [-0.39, 0.29) is 18.5 Å². The first-order valence-electron chi connectivity index (χ1n) is 7.01. The molecule has 0 aliphatic heterocycles. The number of nitrogens with one attached hydrogen (secondary N) is 2. The van der Waals surface area contributed by atoms with Crippen LogP contribution < -0.4 is 10.6 Å². The molecule has 0 aliphatic rings. The van der Waals surface area contributed by atoms with E-state index >= 15 is 0 Å². The molecule has 0 saturated carbocycles. The molecule has 0 aromatic heterocycles. The van der Waals surface area contributed by atoms with Crippen LogP contribution in [-0.4, -0.2) is 12.5 Å². The van der Waals surface area contributed by atoms with Crippen LogP contribution in [0.5, 0.6) is 0 Å². The molecule has 0 heterocycles. The SMILES string of the molecule is Cc1ccc(NC(=O)CN[C@@H](C)c2ccccc2Cl)c(Cl)c1. The summed E-state index contributed by atoms with van der Waals surface area (Å²) in [4.78, 5) is 12.0. The highest BCUT2D eigenvalue weighted by Gasteiger charge is 2.11. The third kappa shape index (κ3) is 4.47. The summed E-state index contributed by atoms with van der Waals surface area (Å²) in [6.07, 6.45) is 0. The smallest absolute Gasteiger partial charge is 0.238 e. The fourth-order valence-corrected chi connectivity index (χ4v) is 2.68. The van der Waals surface area contributed by atoms with Gasteiger partial charge in [0.1, 0.15) is 0 Å². The van der Waals surface area contributed by atoms with Crippen LogP contribution in [-0.2, 0) is 4.79 Å². The molecule has 116 valence electrons. The van der Waals surface area contributed by atoms with Crippen LogP contribution in [0.2, 0.25) is 10.0 Å². The van der Waals surface area contributed by atoms with Crippen molar-refractivity contribution in [1.82, 2.24) is 5.32 Å². The molecule has 0 unspecified atom stereocenters. The molecule has 2 N–H and O–H groups in total. The van der Waals surface area contributed by atoms with Crippen LogP contribution in [0.4, 0.5) is 5.69 Å². The molecule has 1 atom stereocenters. The maximum absolute atomic E-state index is 12.0. The second kappa shape index (κ2) is 7.63. The molecule has 1 amide bonds. The quantitative estimate of drug-likeness (QED) is 0.838. The van der Waals surface area contributed by atoms with Crippen molar-refractivity contribution < 1.29 is 4.79 Å². The largest absolute Gasteiger partial charge is 0.324 e. The van der Waals surface area contributed by atoms with Crippen LogP contribution in [0.15, 0.2) is 42.5 Å². The maximum Gasteiger partial charge on any atom is 0.238 e. The molecule has 2 aromatic carbocycles. The van der Waals surface area contributed by atoms with E-state index in [2.05, 4.69) is 10.6 Å². The number of hydrogen-bond donors (Lipinski definition) is 2. The highest BCUT2D eigenvalue weighted by molar-refractivity contribution is 6.33. The van der Waals surface area contributed by atoms with Crippen molar-refractivity contribution in [3.63, 3.8) is 0 Å². The van der Waals surface area contributed by atoms with Gasteiger partial charge in [-0.05, 0) is 43.2 Å². The second-order valence-electron chi connectivity index (χ2n) is 5.16. The molecular weight excluding hydrogens is 319 g/mol. The lowest BCUT2D eigenvalue weighted by atomic mass is 10.1. The molecule has 3 nitrogen and oxygen atoms in total. The number of carbonyl (C=O) groups excluding carboxylic acids is 1. The molecule has 0 radical (unpaired) electrons. The van der Waals surface area contributed by atoms with Gasteiger partial charge in [0.25, 0.3) is 0 Å². The number of rotatable bonds is 5. The number of halogens is 2. The Morgan fingerprint density at radius 1 is 1.14 bits per heavy atom. The summed E-state index contributed by atoms with van der Waals surface area (Å²) in [6.45, 7) is 4.09. The highest BCUT2D eigenvalue weighted by atomic mass is 35.5. The Kier molecular flexibility index (Phi) is 5.83. The topological polar surface area (TPSA) is 41.1 Å². The molecule has 0 aliphatic carbocycles. The first kappa shape index (κ1) is 16.8. The average Bonchev–Trinajstić information content (AvgIpc) is 2.48. The van der Waals surface area contributed by atoms with Gasteiger partial charge in [0.15, 0.2) is 0 Å². The van der Waals surface area contributed by atoms with Gasteiger partial charge in [-0.2, -0.15) is 0 Å². The number of anilines is 1. The van der Waals surface area contributed by atoms with E-state index in [0.717, 1.165) is 11.1 Å². The van der Waals surface area contributed by atoms with Crippen molar-refractivity contribution >= 4 is 34.8 Å². The lowest BCUT2D eigenvalue weighted by Crippen LogP contribution is -2.30. The first-order valence-corrected chi connectivity index (χ1v) is 7.77. The van der Waals surface area contributed by atoms with Gasteiger partial charge in [0.2, 0.25) is 5.91 Å². The average molecular weight is 337 g/mol. The summed E-state index contributed by atoms with van der Waals surface area (Å²) in [5.41, 5.74) is 2.63. The van der Waals surface area contributed by atoms with Gasteiger partial charge in [-0.15, -0.1) is 0 Å². The number of aryl methyl sites for hydroxylation is 1. The van der Waals surface area contributed by atoms with E-state index < -0.39 is 0 Å². The third-order valence-electron chi connectivity index (χ3n) is 3.34. The van der Waals surface area contributed by atoms with Crippen LogP contribution in [0.25, 0.3) is 0 Å². The van der Waals surface area contributed by atoms with Gasteiger partial charge < -0.3 is 10.6 Å². The van der Waals surface area contributed by atoms with E-state index in [0.29, 0.717) is 15.7 Å². The minimum Gasteiger partial charge on any atom is -0.324 e. The summed E-state index contributed by atoms with van der Waals surface area (Å²) in [6, 6.07) is 13.1. The van der Waals surface area contributed by atoms with E-state index in [4.69, 9.17) is 23.2 Å². The molecule has 22 heavy (non-hydrogen) atoms. The monoisotopic (exact) mass is 336 g/mol. The maximum atomic E-state index is 12.0. The summed E-state index contributed by atoms with van der Waals surface area (Å²) < 4.78 is 0. The van der Waals surface area contributed by atoms with Crippen LogP contribution in [0.3, 0.4) is 0 Å². The second-order valence-corrected chi connectivity index (χ2v) is 5.97. The van der Waals surface area contributed by atoms with Gasteiger partial charge in [-0.3, -0.25) is 4.79 Å². The van der Waals surface area contributed by atoms with Crippen LogP contribution in [0, 0.1) is 6.92 Å². The molecule has 0 spiro atoms. The zero-order valence-corrected chi connectivity index (χ0v) is 14.0. The molecule has 0 bridgehead atoms. The van der Waals surface area contributed by atoms with Crippen LogP contribution >= 0.6 is 23.2 Å². The molecule has 0 fully saturated rings. The van der Waals surface area contributed by atoms with E-state index in [1.807, 2.05) is 50.2 Å². The number of hydrogen-bond acceptors (Lipinski definition) is 2. The van der Waals surface area contributed by atoms with Gasteiger partial charge >= 0.3 is 0 Å². The number of amides is 1. The Bertz CT molecular complexity index is 673. The Morgan fingerprint density at radius 2 is 1.86 bits per heavy atom. The van der Waals surface area contributed by atoms with Gasteiger partial charge in [-0.25, -0.2) is 0 Å². The zero-order chi connectivity index (χ0) is 16.1. The Hall–Kier alpha value is -1.55. The fraction of sp³-hybridized carbons (Fsp3) is 0.235. The molecular formula is C17H18Cl2N2O. The summed E-state index contributed by atoms with van der Waals surface area (Å²) in [5.74, 6) is -0.148. The number of carbonyl (C=O) groups is 1. The Morgan fingerprint density at radius 3 is 2.55 bits per heavy atom. The van der Waals surface area contributed by atoms with Gasteiger partial charge in [0, 0.05) is 11.1 Å². The normalized spacial score (nSPS) is 12.0.